The van der Waals surface area contributed by atoms with E-state index in [0.29, 0.717) is 11.6 Å². The summed E-state index contributed by atoms with van der Waals surface area (Å²) in [4.78, 5) is 54.0. The summed E-state index contributed by atoms with van der Waals surface area (Å²) in [7, 11) is 0. The molecule has 4 amide bonds. The summed E-state index contributed by atoms with van der Waals surface area (Å²) in [5.74, 6) is -3.43. The lowest BCUT2D eigenvalue weighted by Crippen LogP contribution is -2.61. The molecule has 0 aliphatic carbocycles. The van der Waals surface area contributed by atoms with Gasteiger partial charge in [-0.05, 0) is 56.3 Å². The molecule has 44 heavy (non-hydrogen) atoms. The van der Waals surface area contributed by atoms with Crippen molar-refractivity contribution in [3.05, 3.63) is 90.5 Å². The zero-order valence-corrected chi connectivity index (χ0v) is 23.4. The number of halogens is 2. The summed E-state index contributed by atoms with van der Waals surface area (Å²) in [6.07, 6.45) is 4.09. The Kier molecular flexibility index (Phi) is 8.38. The molecule has 12 nitrogen and oxygen atoms in total. The zero-order valence-electron chi connectivity index (χ0n) is 23.4. The van der Waals surface area contributed by atoms with Crippen molar-refractivity contribution in [1.29, 1.82) is 5.26 Å². The molecule has 3 heterocycles. The largest absolute Gasteiger partial charge is 0.454 e. The number of anilines is 4. The van der Waals surface area contributed by atoms with E-state index >= 15 is 4.39 Å². The topological polar surface area (TPSA) is 153 Å². The van der Waals surface area contributed by atoms with Crippen molar-refractivity contribution < 1.29 is 27.9 Å². The van der Waals surface area contributed by atoms with Crippen LogP contribution in [0.15, 0.2) is 73.2 Å². The molecule has 0 radical (unpaired) electrons. The first-order valence-electron chi connectivity index (χ1n) is 13.3. The average molecular weight is 599 g/mol. The molecule has 0 spiro atoms. The van der Waals surface area contributed by atoms with E-state index in [4.69, 9.17) is 10.00 Å². The van der Waals surface area contributed by atoms with Gasteiger partial charge in [-0.3, -0.25) is 9.59 Å². The van der Waals surface area contributed by atoms with Crippen LogP contribution in [0.3, 0.4) is 0 Å². The minimum atomic E-state index is -1.30. The van der Waals surface area contributed by atoms with Crippen molar-refractivity contribution in [2.24, 2.45) is 5.92 Å². The minimum absolute atomic E-state index is 0.0606. The Morgan fingerprint density at radius 1 is 1.02 bits per heavy atom. The van der Waals surface area contributed by atoms with Crippen molar-refractivity contribution in [3.63, 3.8) is 0 Å². The van der Waals surface area contributed by atoms with E-state index in [9.17, 15) is 18.8 Å². The van der Waals surface area contributed by atoms with E-state index in [-0.39, 0.29) is 41.2 Å². The molecule has 2 aromatic heterocycles. The van der Waals surface area contributed by atoms with Crippen LogP contribution < -0.4 is 20.3 Å². The van der Waals surface area contributed by atoms with Gasteiger partial charge in [-0.2, -0.15) is 5.26 Å². The van der Waals surface area contributed by atoms with Gasteiger partial charge in [0, 0.05) is 36.6 Å². The molecule has 0 saturated carbocycles. The molecule has 222 valence electrons. The number of aromatic nitrogens is 3. The monoisotopic (exact) mass is 598 g/mol. The number of urea groups is 1. The first kappa shape index (κ1) is 29.5. The van der Waals surface area contributed by atoms with Gasteiger partial charge in [0.2, 0.25) is 11.8 Å². The Hall–Kier alpha value is -5.97. The van der Waals surface area contributed by atoms with E-state index in [1.807, 2.05) is 6.07 Å². The molecule has 1 aliphatic heterocycles. The van der Waals surface area contributed by atoms with Crippen LogP contribution in [0.5, 0.6) is 11.5 Å². The number of amides is 4. The smallest absolute Gasteiger partial charge is 0.331 e. The SMILES string of the molecule is CC(C)N1CC(C(=O)Nc2ccc(Oc3ccnc(Nc4cnc(C#N)cn4)c3)c(F)c2)C(=O)N(c2ccc(F)cc2)C1=O. The quantitative estimate of drug-likeness (QED) is 0.267. The second-order valence-electron chi connectivity index (χ2n) is 9.87. The van der Waals surface area contributed by atoms with Crippen molar-refractivity contribution in [2.75, 3.05) is 22.1 Å². The van der Waals surface area contributed by atoms with E-state index in [1.54, 1.807) is 13.8 Å². The van der Waals surface area contributed by atoms with E-state index in [0.717, 1.165) is 23.1 Å². The number of ether oxygens (including phenoxy) is 1. The maximum atomic E-state index is 15.0. The number of pyridine rings is 1. The predicted molar refractivity (Wildman–Crippen MR) is 154 cm³/mol. The van der Waals surface area contributed by atoms with Gasteiger partial charge >= 0.3 is 6.03 Å². The van der Waals surface area contributed by atoms with Crippen molar-refractivity contribution >= 4 is 40.9 Å². The summed E-state index contributed by atoms with van der Waals surface area (Å²) in [6, 6.07) is 12.4. The van der Waals surface area contributed by atoms with Crippen LogP contribution in [0.1, 0.15) is 19.5 Å². The molecule has 1 atom stereocenters. The zero-order chi connectivity index (χ0) is 31.4. The van der Waals surface area contributed by atoms with Crippen LogP contribution >= 0.6 is 0 Å². The number of imide groups is 1. The fraction of sp³-hybridized carbons (Fsp3) is 0.167. The fourth-order valence-corrected chi connectivity index (χ4v) is 4.33. The van der Waals surface area contributed by atoms with Crippen LogP contribution in [0.2, 0.25) is 0 Å². The predicted octanol–water partition coefficient (Wildman–Crippen LogP) is 4.99. The van der Waals surface area contributed by atoms with E-state index in [1.165, 1.54) is 59.9 Å². The first-order chi connectivity index (χ1) is 21.1. The van der Waals surface area contributed by atoms with Gasteiger partial charge in [-0.1, -0.05) is 0 Å². The summed E-state index contributed by atoms with van der Waals surface area (Å²) >= 11 is 0. The Morgan fingerprint density at radius 2 is 1.80 bits per heavy atom. The number of hydrogen-bond donors (Lipinski definition) is 2. The normalized spacial score (nSPS) is 14.8. The number of nitrogens with one attached hydrogen (secondary N) is 2. The number of carbonyl (C=O) groups excluding carboxylic acids is 3. The van der Waals surface area contributed by atoms with Gasteiger partial charge in [-0.25, -0.2) is 33.4 Å². The molecule has 0 bridgehead atoms. The van der Waals surface area contributed by atoms with Crippen molar-refractivity contribution in [3.8, 4) is 17.6 Å². The molecule has 4 aromatic rings. The first-order valence-corrected chi connectivity index (χ1v) is 13.3. The van der Waals surface area contributed by atoms with Gasteiger partial charge in [0.05, 0.1) is 18.1 Å². The summed E-state index contributed by atoms with van der Waals surface area (Å²) < 4.78 is 34.2. The summed E-state index contributed by atoms with van der Waals surface area (Å²) in [5.41, 5.74) is 0.336. The third kappa shape index (κ3) is 6.41. The van der Waals surface area contributed by atoms with Crippen LogP contribution in [0.25, 0.3) is 0 Å². The van der Waals surface area contributed by atoms with Gasteiger partial charge in [0.25, 0.3) is 0 Å². The molecular formula is C30H24F2N8O4. The molecule has 2 aromatic carbocycles. The van der Waals surface area contributed by atoms with Gasteiger partial charge in [-0.15, -0.1) is 0 Å². The third-order valence-electron chi connectivity index (χ3n) is 6.54. The minimum Gasteiger partial charge on any atom is -0.454 e. The highest BCUT2D eigenvalue weighted by Gasteiger charge is 2.44. The van der Waals surface area contributed by atoms with Crippen molar-refractivity contribution in [2.45, 2.75) is 19.9 Å². The van der Waals surface area contributed by atoms with E-state index in [2.05, 4.69) is 25.6 Å². The highest BCUT2D eigenvalue weighted by molar-refractivity contribution is 6.23. The lowest BCUT2D eigenvalue weighted by molar-refractivity contribution is -0.132. The summed E-state index contributed by atoms with van der Waals surface area (Å²) in [5, 5.41) is 14.3. The lowest BCUT2D eigenvalue weighted by atomic mass is 10.0. The number of benzene rings is 2. The van der Waals surface area contributed by atoms with E-state index < -0.39 is 35.4 Å². The maximum absolute atomic E-state index is 15.0. The summed E-state index contributed by atoms with van der Waals surface area (Å²) in [6.45, 7) is 3.29. The number of nitrogens with zero attached hydrogens (tertiary/aromatic N) is 6. The average Bonchev–Trinajstić information content (AvgIpc) is 3.00. The highest BCUT2D eigenvalue weighted by Crippen LogP contribution is 2.30. The molecular weight excluding hydrogens is 574 g/mol. The maximum Gasteiger partial charge on any atom is 0.331 e. The highest BCUT2D eigenvalue weighted by atomic mass is 19.1. The number of hydrogen-bond acceptors (Lipinski definition) is 9. The Balaban J connectivity index is 1.28. The Morgan fingerprint density at radius 3 is 2.45 bits per heavy atom. The van der Waals surface area contributed by atoms with Gasteiger partial charge in [0.1, 0.15) is 35.2 Å². The number of nitriles is 1. The standard InChI is InChI=1S/C30H24F2N8O4/c1-17(2)39-16-23(29(42)40(30(39)43)21-6-3-18(31)4-7-21)28(41)37-19-5-8-25(24(32)11-19)44-22-9-10-34-26(12-22)38-27-15-35-20(13-33)14-36-27/h3-12,14-15,17,23H,16H2,1-2H3,(H,37,41)(H,34,36,38). The second-order valence-corrected chi connectivity index (χ2v) is 9.87. The van der Waals surface area contributed by atoms with Crippen LogP contribution in [-0.4, -0.2) is 50.3 Å². The molecule has 14 heteroatoms. The molecule has 1 aliphatic rings. The molecule has 1 saturated heterocycles. The third-order valence-corrected chi connectivity index (χ3v) is 6.54. The number of carbonyl (C=O) groups is 3. The molecule has 2 N–H and O–H groups in total. The van der Waals surface area contributed by atoms with Crippen LogP contribution in [0.4, 0.5) is 36.6 Å². The fourth-order valence-electron chi connectivity index (χ4n) is 4.33. The Bertz CT molecular complexity index is 1760. The van der Waals surface area contributed by atoms with Crippen LogP contribution in [0, 0.1) is 28.9 Å². The number of rotatable bonds is 8. The van der Waals surface area contributed by atoms with Crippen molar-refractivity contribution in [1.82, 2.24) is 19.9 Å². The Labute approximate surface area is 249 Å². The van der Waals surface area contributed by atoms with Crippen LogP contribution in [-0.2, 0) is 9.59 Å². The van der Waals surface area contributed by atoms with Gasteiger partial charge in [0.15, 0.2) is 17.3 Å². The molecule has 1 unspecified atom stereocenters. The molecule has 1 fully saturated rings. The lowest BCUT2D eigenvalue weighted by Gasteiger charge is -2.39. The molecule has 5 rings (SSSR count). The van der Waals surface area contributed by atoms with Gasteiger partial charge < -0.3 is 20.3 Å². The second kappa shape index (κ2) is 12.5.